The van der Waals surface area contributed by atoms with Crippen LogP contribution in [0.1, 0.15) is 32.3 Å². The van der Waals surface area contributed by atoms with E-state index >= 15 is 0 Å². The number of allylic oxidation sites excluding steroid dienone is 8. The number of nitrogens with two attached hydrogens (primary N) is 1. The van der Waals surface area contributed by atoms with Crippen LogP contribution in [0.25, 0.3) is 5.57 Å². The van der Waals surface area contributed by atoms with Crippen molar-refractivity contribution < 1.29 is 4.74 Å². The van der Waals surface area contributed by atoms with Crippen LogP contribution in [0.5, 0.6) is 0 Å². The maximum atomic E-state index is 5.92. The van der Waals surface area contributed by atoms with Gasteiger partial charge in [-0.1, -0.05) is 0 Å². The third-order valence-electron chi connectivity index (χ3n) is 5.38. The normalized spacial score (nSPS) is 21.3. The van der Waals surface area contributed by atoms with E-state index in [1.807, 2.05) is 0 Å². The zero-order valence-electron chi connectivity index (χ0n) is 17.9. The predicted octanol–water partition coefficient (Wildman–Crippen LogP) is 6.15. The van der Waals surface area contributed by atoms with Gasteiger partial charge in [-0.3, -0.25) is 0 Å². The Labute approximate surface area is 183 Å². The van der Waals surface area contributed by atoms with Gasteiger partial charge in [0.25, 0.3) is 0 Å². The fraction of sp³-hybridized carbons (Fsp3) is 0.385. The Hall–Kier alpha value is -1.43. The Balaban J connectivity index is 1.88. The number of ether oxygens (including phenoxy) is 1. The van der Waals surface area contributed by atoms with E-state index in [1.165, 1.54) is 26.7 Å². The molecule has 0 spiro atoms. The molecule has 1 aromatic rings. The number of hydrogen-bond donors (Lipinski definition) is 1. The SMILES string of the molecule is CCI(C)c1ccc(C(C2=CCC(OCCCN)C=C2)=C2C=CC(C)C=C2)cc1. The van der Waals surface area contributed by atoms with Crippen molar-refractivity contribution in [2.24, 2.45) is 11.7 Å². The van der Waals surface area contributed by atoms with E-state index < -0.39 is 19.8 Å². The van der Waals surface area contributed by atoms with Gasteiger partial charge in [-0.05, 0) is 6.54 Å². The monoisotopic (exact) mass is 503 g/mol. The van der Waals surface area contributed by atoms with Gasteiger partial charge in [0.15, 0.2) is 0 Å². The van der Waals surface area contributed by atoms with Crippen molar-refractivity contribution in [1.29, 1.82) is 0 Å². The van der Waals surface area contributed by atoms with E-state index in [0.717, 1.165) is 19.4 Å². The van der Waals surface area contributed by atoms with Crippen LogP contribution in [0.15, 0.2) is 77.9 Å². The molecule has 29 heavy (non-hydrogen) atoms. The topological polar surface area (TPSA) is 35.2 Å². The standard InChI is InChI=1S/C26H34INO/c1-4-27(3)24-14-10-22(11-15-24)26(21-8-6-20(2)7-9-21)23-12-16-25(17-13-23)29-19-5-18-28/h6-16,20,25H,4-5,17-19,28H2,1-3H3. The molecule has 1 unspecified atom stereocenters. The van der Waals surface area contributed by atoms with E-state index in [4.69, 9.17) is 10.5 Å². The molecule has 0 amide bonds. The summed E-state index contributed by atoms with van der Waals surface area (Å²) < 4.78 is 8.80. The second-order valence-electron chi connectivity index (χ2n) is 7.58. The summed E-state index contributed by atoms with van der Waals surface area (Å²) in [5, 5.41) is 0. The summed E-state index contributed by atoms with van der Waals surface area (Å²) in [6, 6.07) is 9.35. The zero-order valence-corrected chi connectivity index (χ0v) is 20.1. The third-order valence-corrected chi connectivity index (χ3v) is 10.5. The van der Waals surface area contributed by atoms with Gasteiger partial charge >= 0.3 is 172 Å². The van der Waals surface area contributed by atoms with Crippen LogP contribution in [-0.2, 0) is 4.74 Å². The van der Waals surface area contributed by atoms with Crippen molar-refractivity contribution in [2.45, 2.75) is 32.8 Å². The minimum atomic E-state index is -0.966. The van der Waals surface area contributed by atoms with Crippen LogP contribution < -0.4 is 5.73 Å². The minimum absolute atomic E-state index is 0.161. The summed E-state index contributed by atoms with van der Waals surface area (Å²) in [5.41, 5.74) is 10.8. The molecule has 0 fully saturated rings. The fourth-order valence-corrected chi connectivity index (χ4v) is 5.98. The van der Waals surface area contributed by atoms with Gasteiger partial charge in [0.1, 0.15) is 0 Å². The molecule has 0 heterocycles. The van der Waals surface area contributed by atoms with Gasteiger partial charge in [0, 0.05) is 0 Å². The molecule has 3 rings (SSSR count). The van der Waals surface area contributed by atoms with Gasteiger partial charge in [-0.2, -0.15) is 0 Å². The van der Waals surface area contributed by atoms with Gasteiger partial charge < -0.3 is 5.73 Å². The summed E-state index contributed by atoms with van der Waals surface area (Å²) in [5.74, 6) is 0.496. The first kappa shape index (κ1) is 22.3. The first-order valence-electron chi connectivity index (χ1n) is 10.6. The molecule has 2 aliphatic rings. The van der Waals surface area contributed by atoms with Crippen molar-refractivity contribution >= 4 is 25.4 Å². The van der Waals surface area contributed by atoms with Crippen LogP contribution in [0.3, 0.4) is 0 Å². The summed E-state index contributed by atoms with van der Waals surface area (Å²) >= 11 is -0.966. The average Bonchev–Trinajstić information content (AvgIpc) is 2.76. The fourth-order valence-electron chi connectivity index (χ4n) is 3.51. The van der Waals surface area contributed by atoms with Gasteiger partial charge in [-0.25, -0.2) is 0 Å². The summed E-state index contributed by atoms with van der Waals surface area (Å²) in [7, 11) is 0. The molecule has 0 saturated heterocycles. The maximum absolute atomic E-state index is 5.92. The number of halogens is 1. The van der Waals surface area contributed by atoms with Crippen molar-refractivity contribution in [3.05, 3.63) is 87.1 Å². The molecule has 3 heteroatoms. The second-order valence-corrected chi connectivity index (χ2v) is 13.7. The van der Waals surface area contributed by atoms with Crippen molar-refractivity contribution in [2.75, 3.05) is 22.5 Å². The van der Waals surface area contributed by atoms with Crippen LogP contribution in [0.2, 0.25) is 0 Å². The first-order chi connectivity index (χ1) is 14.1. The molecular formula is C26H34INO. The summed E-state index contributed by atoms with van der Waals surface area (Å²) in [4.78, 5) is 2.45. The van der Waals surface area contributed by atoms with E-state index in [0.29, 0.717) is 12.5 Å². The number of benzene rings is 1. The number of rotatable bonds is 8. The molecule has 156 valence electrons. The zero-order chi connectivity index (χ0) is 20.6. The first-order valence-corrected chi connectivity index (χ1v) is 15.4. The van der Waals surface area contributed by atoms with E-state index in [1.54, 1.807) is 3.57 Å². The quantitative estimate of drug-likeness (QED) is 0.263. The molecule has 0 bridgehead atoms. The molecule has 1 aromatic carbocycles. The Morgan fingerprint density at radius 2 is 1.83 bits per heavy atom. The van der Waals surface area contributed by atoms with E-state index in [9.17, 15) is 0 Å². The molecule has 0 radical (unpaired) electrons. The average molecular weight is 503 g/mol. The van der Waals surface area contributed by atoms with Crippen LogP contribution >= 0.6 is 19.8 Å². The van der Waals surface area contributed by atoms with Crippen molar-refractivity contribution in [1.82, 2.24) is 0 Å². The van der Waals surface area contributed by atoms with E-state index in [-0.39, 0.29) is 6.10 Å². The molecule has 0 saturated carbocycles. The molecule has 2 aliphatic carbocycles. The second kappa shape index (κ2) is 11.1. The van der Waals surface area contributed by atoms with Crippen LogP contribution in [0.4, 0.5) is 0 Å². The molecule has 0 aliphatic heterocycles. The van der Waals surface area contributed by atoms with Crippen LogP contribution in [0, 0.1) is 9.49 Å². The number of alkyl halides is 2. The van der Waals surface area contributed by atoms with Crippen molar-refractivity contribution in [3.8, 4) is 0 Å². The summed E-state index contributed by atoms with van der Waals surface area (Å²) in [6.45, 7) is 5.95. The van der Waals surface area contributed by atoms with Gasteiger partial charge in [0.05, 0.1) is 0 Å². The Morgan fingerprint density at radius 1 is 1.10 bits per heavy atom. The molecule has 1 atom stereocenters. The predicted molar refractivity (Wildman–Crippen MR) is 135 cm³/mol. The summed E-state index contributed by atoms with van der Waals surface area (Å²) in [6.07, 6.45) is 17.9. The van der Waals surface area contributed by atoms with Crippen LogP contribution in [-0.4, -0.2) is 28.6 Å². The molecule has 2 nitrogen and oxygen atoms in total. The van der Waals surface area contributed by atoms with Crippen molar-refractivity contribution in [3.63, 3.8) is 0 Å². The third kappa shape index (κ3) is 6.03. The van der Waals surface area contributed by atoms with Gasteiger partial charge in [0.2, 0.25) is 0 Å². The molecule has 2 N–H and O–H groups in total. The molecular weight excluding hydrogens is 469 g/mol. The van der Waals surface area contributed by atoms with Gasteiger partial charge in [-0.15, -0.1) is 0 Å². The van der Waals surface area contributed by atoms with E-state index in [2.05, 4.69) is 85.6 Å². The Kier molecular flexibility index (Phi) is 8.52. The Bertz CT molecular complexity index is 813. The number of hydrogen-bond acceptors (Lipinski definition) is 2. The Morgan fingerprint density at radius 3 is 2.41 bits per heavy atom. The molecule has 0 aromatic heterocycles.